The Bertz CT molecular complexity index is 1990. The monoisotopic (exact) mass is 945 g/mol. The molecule has 21 heteroatoms. The predicted octanol–water partition coefficient (Wildman–Crippen LogP) is -3.71. The van der Waals surface area contributed by atoms with Crippen LogP contribution in [0.3, 0.4) is 0 Å². The van der Waals surface area contributed by atoms with E-state index in [4.69, 9.17) is 62.8 Å². The molecule has 20 atom stereocenters. The first kappa shape index (κ1) is 49.7. The first-order valence-electron chi connectivity index (χ1n) is 22.9. The Morgan fingerprint density at radius 2 is 1.38 bits per heavy atom. The second-order valence-corrected chi connectivity index (χ2v) is 19.4. The smallest absolute Gasteiger partial charge is 0.220 e. The average Bonchev–Trinajstić information content (AvgIpc) is 3.60. The van der Waals surface area contributed by atoms with Gasteiger partial charge in [0.15, 0.2) is 18.9 Å². The summed E-state index contributed by atoms with van der Waals surface area (Å²) in [6.07, 6.45) is -5.50. The number of aliphatic hydroxyl groups excluding tert-OH is 6. The third-order valence-corrected chi connectivity index (χ3v) is 15.0. The number of allylic oxidation sites excluding steroid dienone is 7. The van der Waals surface area contributed by atoms with Gasteiger partial charge in [0.25, 0.3) is 0 Å². The maximum absolute atomic E-state index is 13.0. The fourth-order valence-electron chi connectivity index (χ4n) is 10.1. The minimum atomic E-state index is -1.56. The van der Waals surface area contributed by atoms with Gasteiger partial charge < -0.3 is 98.8 Å². The minimum Gasteiger partial charge on any atom is -0.389 e. The summed E-state index contributed by atoms with van der Waals surface area (Å²) in [6, 6.07) is 2.27. The maximum Gasteiger partial charge on any atom is 0.220 e. The van der Waals surface area contributed by atoms with Crippen LogP contribution in [0, 0.1) is 0 Å². The second-order valence-electron chi connectivity index (χ2n) is 18.3. The summed E-state index contributed by atoms with van der Waals surface area (Å²) in [7, 11) is 0. The van der Waals surface area contributed by atoms with Gasteiger partial charge in [-0.25, -0.2) is 0 Å². The molecule has 0 bridgehead atoms. The molecule has 7 aliphatic rings. The summed E-state index contributed by atoms with van der Waals surface area (Å²) < 4.78 is 36.6. The van der Waals surface area contributed by atoms with E-state index in [0.29, 0.717) is 25.1 Å². The first-order chi connectivity index (χ1) is 31.7. The SMILES string of the molecule is NC[C@H]1OC(O[C@@H]2[C@H](O)[C@@H](O[C@@H]3[C@@H](O)[C@H](N)C[C@@H](N)[C@H]3O[C@H]3O[C@H](CN)[C@@H](O)[C@H](O)[C@H]3N)O[C@H]2CSCCNC(=O)CCCC2=C3C=Cc4cccc5c4C3C(=CC5)C=C2)[C@@H](N)[C@H](O)[C@H]1O. The van der Waals surface area contributed by atoms with Crippen molar-refractivity contribution in [3.63, 3.8) is 0 Å². The van der Waals surface area contributed by atoms with Crippen LogP contribution in [0.4, 0.5) is 0 Å². The lowest BCUT2D eigenvalue weighted by atomic mass is 9.69. The Balaban J connectivity index is 0.884. The van der Waals surface area contributed by atoms with E-state index in [-0.39, 0.29) is 37.1 Å². The van der Waals surface area contributed by atoms with Gasteiger partial charge in [-0.15, -0.1) is 0 Å². The van der Waals surface area contributed by atoms with Crippen molar-refractivity contribution in [2.45, 2.75) is 154 Å². The number of carbonyl (C=O) groups is 1. The summed E-state index contributed by atoms with van der Waals surface area (Å²) in [5, 5.41) is 68.4. The molecule has 0 spiro atoms. The van der Waals surface area contributed by atoms with Crippen LogP contribution in [-0.2, 0) is 39.6 Å². The number of benzene rings is 1. The molecule has 66 heavy (non-hydrogen) atoms. The van der Waals surface area contributed by atoms with Crippen LogP contribution in [0.5, 0.6) is 0 Å². The molecule has 1 aromatic rings. The Labute approximate surface area is 387 Å². The maximum atomic E-state index is 13.0. The van der Waals surface area contributed by atoms with E-state index in [9.17, 15) is 35.4 Å². The molecule has 366 valence electrons. The van der Waals surface area contributed by atoms with Crippen LogP contribution in [0.2, 0.25) is 0 Å². The third-order valence-electron chi connectivity index (χ3n) is 13.9. The molecule has 1 amide bonds. The molecule has 3 aliphatic heterocycles. The summed E-state index contributed by atoms with van der Waals surface area (Å²) in [5.41, 5.74) is 44.7. The molecule has 0 radical (unpaired) electrons. The van der Waals surface area contributed by atoms with Crippen LogP contribution < -0.4 is 39.7 Å². The quantitative estimate of drug-likeness (QED) is 0.0668. The van der Waals surface area contributed by atoms with E-state index in [1.165, 1.54) is 45.2 Å². The zero-order chi connectivity index (χ0) is 47.0. The standard InChI is InChI=1S/C45H67N7O13S/c46-16-26-35(55)37(57)32(50)43(60-26)63-40-25(49)15-24(48)34(54)42(40)65-45-39(59)41(64-44-33(51)38(58)36(56)27(17-47)61-44)28(62-45)18-66-14-13-52-29(53)6-2-3-19-7-8-22-10-9-20-4-1-5-21-11-12-23(19)31(22)30(20)21/h1,4-5,7-8,10-12,24-28,31-45,54-59H,2-3,6,9,13-18,46-51H2,(H,52,53)/t24-,25-,26-,27-,28+,31?,32-,33+,34+,35-,36+,37-,38+,39+,40-,41+,42-,43-,44?,45-/m1/s1. The van der Waals surface area contributed by atoms with Gasteiger partial charge in [-0.05, 0) is 59.1 Å². The molecule has 0 aromatic heterocycles. The summed E-state index contributed by atoms with van der Waals surface area (Å²) in [4.78, 5) is 13.0. The minimum absolute atomic E-state index is 0.0741. The number of aliphatic hydroxyl groups is 6. The molecule has 1 saturated carbocycles. The van der Waals surface area contributed by atoms with Crippen molar-refractivity contribution in [2.24, 2.45) is 34.4 Å². The van der Waals surface area contributed by atoms with Gasteiger partial charge in [0.2, 0.25) is 5.91 Å². The van der Waals surface area contributed by atoms with Gasteiger partial charge in [-0.1, -0.05) is 48.6 Å². The molecule has 1 aromatic carbocycles. The number of nitrogens with two attached hydrogens (primary N) is 6. The number of amides is 1. The topological polar surface area (TPSA) is 362 Å². The zero-order valence-electron chi connectivity index (χ0n) is 36.7. The summed E-state index contributed by atoms with van der Waals surface area (Å²) in [5.74, 6) is 0.844. The fourth-order valence-corrected chi connectivity index (χ4v) is 11.0. The Morgan fingerprint density at radius 1 is 0.727 bits per heavy atom. The van der Waals surface area contributed by atoms with Crippen molar-refractivity contribution in [2.75, 3.05) is 31.1 Å². The van der Waals surface area contributed by atoms with Gasteiger partial charge in [-0.3, -0.25) is 4.79 Å². The molecule has 2 unspecified atom stereocenters. The van der Waals surface area contributed by atoms with E-state index in [1.54, 1.807) is 0 Å². The number of nitrogens with one attached hydrogen (secondary N) is 1. The third kappa shape index (κ3) is 10.1. The Morgan fingerprint density at radius 3 is 2.06 bits per heavy atom. The number of carbonyl (C=O) groups excluding carboxylic acids is 1. The van der Waals surface area contributed by atoms with E-state index >= 15 is 0 Å². The van der Waals surface area contributed by atoms with Gasteiger partial charge in [-0.2, -0.15) is 11.8 Å². The normalized spacial score (nSPS) is 41.7. The largest absolute Gasteiger partial charge is 0.389 e. The van der Waals surface area contributed by atoms with E-state index in [0.717, 1.165) is 12.8 Å². The lowest BCUT2D eigenvalue weighted by Crippen LogP contribution is -2.68. The van der Waals surface area contributed by atoms with Crippen LogP contribution in [-0.4, -0.2) is 184 Å². The van der Waals surface area contributed by atoms with Crippen molar-refractivity contribution < 1.29 is 63.9 Å². The molecule has 3 saturated heterocycles. The molecule has 20 nitrogen and oxygen atoms in total. The van der Waals surface area contributed by atoms with Crippen molar-refractivity contribution in [3.05, 3.63) is 75.9 Å². The fraction of sp³-hybridized carbons (Fsp3) is 0.667. The van der Waals surface area contributed by atoms with Crippen molar-refractivity contribution in [3.8, 4) is 0 Å². The van der Waals surface area contributed by atoms with E-state index < -0.39 is 116 Å². The highest BCUT2D eigenvalue weighted by Gasteiger charge is 2.54. The van der Waals surface area contributed by atoms with Gasteiger partial charge in [0.05, 0.1) is 24.3 Å². The molecular weight excluding hydrogens is 879 g/mol. The van der Waals surface area contributed by atoms with Crippen LogP contribution in [0.1, 0.15) is 48.3 Å². The highest BCUT2D eigenvalue weighted by Crippen LogP contribution is 2.48. The number of thioether (sulfide) groups is 1. The van der Waals surface area contributed by atoms with Gasteiger partial charge in [0, 0.05) is 55.6 Å². The molecule has 4 fully saturated rings. The Hall–Kier alpha value is -2.72. The van der Waals surface area contributed by atoms with E-state index in [2.05, 4.69) is 53.9 Å². The van der Waals surface area contributed by atoms with Crippen molar-refractivity contribution in [1.82, 2.24) is 5.32 Å². The number of hydrogen-bond acceptors (Lipinski definition) is 20. The Kier molecular flexibility index (Phi) is 16.2. The summed E-state index contributed by atoms with van der Waals surface area (Å²) >= 11 is 1.41. The molecule has 8 rings (SSSR count). The van der Waals surface area contributed by atoms with Crippen LogP contribution in [0.15, 0.2) is 59.2 Å². The van der Waals surface area contributed by atoms with Gasteiger partial charge in [0.1, 0.15) is 61.0 Å². The number of rotatable bonds is 17. The molecule has 3 heterocycles. The number of hydrogen-bond donors (Lipinski definition) is 13. The molecule has 19 N–H and O–H groups in total. The lowest BCUT2D eigenvalue weighted by molar-refractivity contribution is -0.306. The second kappa shape index (κ2) is 21.5. The average molecular weight is 946 g/mol. The van der Waals surface area contributed by atoms with Crippen molar-refractivity contribution >= 4 is 23.7 Å². The molecular formula is C45H67N7O13S. The zero-order valence-corrected chi connectivity index (χ0v) is 37.5. The van der Waals surface area contributed by atoms with E-state index in [1.807, 2.05) is 0 Å². The van der Waals surface area contributed by atoms with Gasteiger partial charge >= 0.3 is 0 Å². The lowest BCUT2D eigenvalue weighted by Gasteiger charge is -2.47. The van der Waals surface area contributed by atoms with Crippen molar-refractivity contribution in [1.29, 1.82) is 0 Å². The summed E-state index contributed by atoms with van der Waals surface area (Å²) in [6.45, 7) is 0.0258. The molecule has 4 aliphatic carbocycles. The first-order valence-corrected chi connectivity index (χ1v) is 24.0. The van der Waals surface area contributed by atoms with Crippen LogP contribution >= 0.6 is 11.8 Å². The highest BCUT2D eigenvalue weighted by atomic mass is 32.2. The highest BCUT2D eigenvalue weighted by molar-refractivity contribution is 7.99. The van der Waals surface area contributed by atoms with Crippen LogP contribution in [0.25, 0.3) is 6.08 Å². The number of ether oxygens (including phenoxy) is 6. The predicted molar refractivity (Wildman–Crippen MR) is 242 cm³/mol.